The van der Waals surface area contributed by atoms with Crippen LogP contribution in [0.25, 0.3) is 22.3 Å². The van der Waals surface area contributed by atoms with Crippen LogP contribution in [0.3, 0.4) is 0 Å². The Bertz CT molecular complexity index is 1000. The highest BCUT2D eigenvalue weighted by Crippen LogP contribution is 2.29. The van der Waals surface area contributed by atoms with Gasteiger partial charge in [-0.2, -0.15) is 5.10 Å². The number of piperidine rings is 1. The lowest BCUT2D eigenvalue weighted by Crippen LogP contribution is -2.42. The van der Waals surface area contributed by atoms with Gasteiger partial charge < -0.3 is 4.90 Å². The Morgan fingerprint density at radius 2 is 1.89 bits per heavy atom. The summed E-state index contributed by atoms with van der Waals surface area (Å²) in [7, 11) is 1.89. The first-order chi connectivity index (χ1) is 13.0. The number of aromatic nitrogens is 3. The lowest BCUT2D eigenvalue weighted by molar-refractivity contribution is 0.0637. The normalized spacial score (nSPS) is 17.5. The Morgan fingerprint density at radius 3 is 2.59 bits per heavy atom. The second-order valence-corrected chi connectivity index (χ2v) is 7.67. The summed E-state index contributed by atoms with van der Waals surface area (Å²) in [6.45, 7) is 6.99. The second kappa shape index (κ2) is 6.80. The van der Waals surface area contributed by atoms with Crippen LogP contribution in [-0.4, -0.2) is 38.2 Å². The molecule has 1 aliphatic rings. The van der Waals surface area contributed by atoms with Gasteiger partial charge in [0.25, 0.3) is 5.91 Å². The van der Waals surface area contributed by atoms with Crippen LogP contribution in [0.15, 0.2) is 30.3 Å². The molecule has 140 valence electrons. The standard InChI is InChI=1S/C22H26N4O/c1-14-8-10-17(11-9-14)19-13-18(20-16(3)24-25(4)21(20)23-19)22(27)26-12-6-5-7-15(26)2/h8-11,13,15H,5-7,12H2,1-4H3/t15-/m0/s1. The van der Waals surface area contributed by atoms with Crippen molar-refractivity contribution >= 4 is 16.9 Å². The molecule has 1 aromatic carbocycles. The Labute approximate surface area is 160 Å². The van der Waals surface area contributed by atoms with Crippen molar-refractivity contribution in [2.75, 3.05) is 6.54 Å². The van der Waals surface area contributed by atoms with Crippen LogP contribution in [0, 0.1) is 13.8 Å². The SMILES string of the molecule is Cc1ccc(-c2cc(C(=O)N3CCCC[C@@H]3C)c3c(C)nn(C)c3n2)cc1. The lowest BCUT2D eigenvalue weighted by Gasteiger charge is -2.33. The number of carbonyl (C=O) groups is 1. The van der Waals surface area contributed by atoms with Gasteiger partial charge in [-0.05, 0) is 46.1 Å². The molecule has 0 aliphatic carbocycles. The molecule has 0 spiro atoms. The van der Waals surface area contributed by atoms with Gasteiger partial charge in [0.15, 0.2) is 5.65 Å². The Balaban J connectivity index is 1.89. The van der Waals surface area contributed by atoms with E-state index in [9.17, 15) is 4.79 Å². The highest BCUT2D eigenvalue weighted by molar-refractivity contribution is 6.07. The molecule has 1 atom stereocenters. The molecule has 5 heteroatoms. The van der Waals surface area contributed by atoms with Crippen molar-refractivity contribution in [1.82, 2.24) is 19.7 Å². The molecule has 5 nitrogen and oxygen atoms in total. The first-order valence-corrected chi connectivity index (χ1v) is 9.68. The van der Waals surface area contributed by atoms with E-state index in [-0.39, 0.29) is 11.9 Å². The third-order valence-electron chi connectivity index (χ3n) is 5.61. The molecule has 0 saturated carbocycles. The van der Waals surface area contributed by atoms with Gasteiger partial charge in [-0.15, -0.1) is 0 Å². The molecule has 1 fully saturated rings. The molecule has 3 heterocycles. The van der Waals surface area contributed by atoms with Crippen LogP contribution in [-0.2, 0) is 7.05 Å². The van der Waals surface area contributed by atoms with Gasteiger partial charge in [-0.25, -0.2) is 4.98 Å². The van der Waals surface area contributed by atoms with Crippen molar-refractivity contribution in [1.29, 1.82) is 0 Å². The molecular weight excluding hydrogens is 336 g/mol. The number of pyridine rings is 1. The predicted octanol–water partition coefficient (Wildman–Crippen LogP) is 4.27. The molecular formula is C22H26N4O. The quantitative estimate of drug-likeness (QED) is 0.684. The van der Waals surface area contributed by atoms with E-state index in [2.05, 4.69) is 43.2 Å². The van der Waals surface area contributed by atoms with E-state index in [0.717, 1.165) is 52.9 Å². The summed E-state index contributed by atoms with van der Waals surface area (Å²) in [6.07, 6.45) is 3.33. The topological polar surface area (TPSA) is 51.0 Å². The largest absolute Gasteiger partial charge is 0.336 e. The number of amides is 1. The molecule has 4 rings (SSSR count). The molecule has 0 unspecified atom stereocenters. The lowest BCUT2D eigenvalue weighted by atomic mass is 9.99. The minimum atomic E-state index is 0.0964. The number of benzene rings is 1. The highest BCUT2D eigenvalue weighted by atomic mass is 16.2. The summed E-state index contributed by atoms with van der Waals surface area (Å²) < 4.78 is 1.78. The molecule has 1 saturated heterocycles. The van der Waals surface area contributed by atoms with Gasteiger partial charge in [-0.1, -0.05) is 29.8 Å². The number of likely N-dealkylation sites (tertiary alicyclic amines) is 1. The van der Waals surface area contributed by atoms with Crippen molar-refractivity contribution in [3.8, 4) is 11.3 Å². The summed E-state index contributed by atoms with van der Waals surface area (Å²) in [5.41, 5.74) is 5.37. The zero-order valence-electron chi connectivity index (χ0n) is 16.5. The van der Waals surface area contributed by atoms with Gasteiger partial charge in [0.1, 0.15) is 0 Å². The van der Waals surface area contributed by atoms with E-state index >= 15 is 0 Å². The highest BCUT2D eigenvalue weighted by Gasteiger charge is 2.27. The average Bonchev–Trinajstić information content (AvgIpc) is 2.95. The van der Waals surface area contributed by atoms with E-state index in [0.29, 0.717) is 0 Å². The van der Waals surface area contributed by atoms with Crippen LogP contribution in [0.1, 0.15) is 47.8 Å². The summed E-state index contributed by atoms with van der Waals surface area (Å²) >= 11 is 0. The zero-order chi connectivity index (χ0) is 19.1. The Kier molecular flexibility index (Phi) is 4.46. The molecule has 1 amide bonds. The van der Waals surface area contributed by atoms with Crippen LogP contribution < -0.4 is 0 Å². The van der Waals surface area contributed by atoms with E-state index in [4.69, 9.17) is 4.98 Å². The van der Waals surface area contributed by atoms with Crippen molar-refractivity contribution < 1.29 is 4.79 Å². The van der Waals surface area contributed by atoms with Gasteiger partial charge in [0, 0.05) is 25.2 Å². The van der Waals surface area contributed by atoms with Gasteiger partial charge >= 0.3 is 0 Å². The number of aryl methyl sites for hydroxylation is 3. The van der Waals surface area contributed by atoms with Crippen molar-refractivity contribution in [2.45, 2.75) is 46.1 Å². The van der Waals surface area contributed by atoms with E-state index < -0.39 is 0 Å². The average molecular weight is 362 g/mol. The number of nitrogens with zero attached hydrogens (tertiary/aromatic N) is 4. The number of fused-ring (bicyclic) bond motifs is 1. The number of hydrogen-bond acceptors (Lipinski definition) is 3. The first kappa shape index (κ1) is 17.7. The first-order valence-electron chi connectivity index (χ1n) is 9.68. The van der Waals surface area contributed by atoms with Gasteiger partial charge in [0.05, 0.1) is 22.3 Å². The Morgan fingerprint density at radius 1 is 1.15 bits per heavy atom. The van der Waals surface area contributed by atoms with Crippen LogP contribution in [0.4, 0.5) is 0 Å². The maximum Gasteiger partial charge on any atom is 0.254 e. The number of hydrogen-bond donors (Lipinski definition) is 0. The maximum atomic E-state index is 13.5. The van der Waals surface area contributed by atoms with E-state index in [1.54, 1.807) is 4.68 Å². The summed E-state index contributed by atoms with van der Waals surface area (Å²) in [6, 6.07) is 10.5. The molecule has 1 aliphatic heterocycles. The second-order valence-electron chi connectivity index (χ2n) is 7.67. The van der Waals surface area contributed by atoms with Gasteiger partial charge in [0.2, 0.25) is 0 Å². The maximum absolute atomic E-state index is 13.5. The van der Waals surface area contributed by atoms with Crippen molar-refractivity contribution in [2.24, 2.45) is 7.05 Å². The molecule has 2 aromatic heterocycles. The molecule has 0 radical (unpaired) electrons. The van der Waals surface area contributed by atoms with Crippen LogP contribution >= 0.6 is 0 Å². The predicted molar refractivity (Wildman–Crippen MR) is 108 cm³/mol. The van der Waals surface area contributed by atoms with Crippen molar-refractivity contribution in [3.05, 3.63) is 47.2 Å². The molecule has 27 heavy (non-hydrogen) atoms. The molecule has 0 bridgehead atoms. The third-order valence-corrected chi connectivity index (χ3v) is 5.61. The van der Waals surface area contributed by atoms with E-state index in [1.807, 2.05) is 24.9 Å². The Hall–Kier alpha value is -2.69. The van der Waals surface area contributed by atoms with Crippen LogP contribution in [0.5, 0.6) is 0 Å². The summed E-state index contributed by atoms with van der Waals surface area (Å²) in [4.78, 5) is 20.3. The number of rotatable bonds is 2. The smallest absolute Gasteiger partial charge is 0.254 e. The van der Waals surface area contributed by atoms with Gasteiger partial charge in [-0.3, -0.25) is 9.48 Å². The van der Waals surface area contributed by atoms with E-state index in [1.165, 1.54) is 12.0 Å². The monoisotopic (exact) mass is 362 g/mol. The molecule has 0 N–H and O–H groups in total. The fraction of sp³-hybridized carbons (Fsp3) is 0.409. The summed E-state index contributed by atoms with van der Waals surface area (Å²) in [5, 5.41) is 5.40. The minimum Gasteiger partial charge on any atom is -0.336 e. The summed E-state index contributed by atoms with van der Waals surface area (Å²) in [5.74, 6) is 0.0964. The molecule has 3 aromatic rings. The zero-order valence-corrected chi connectivity index (χ0v) is 16.5. The third kappa shape index (κ3) is 3.11. The minimum absolute atomic E-state index is 0.0964. The number of carbonyl (C=O) groups excluding carboxylic acids is 1. The fourth-order valence-electron chi connectivity index (χ4n) is 4.04. The fourth-order valence-corrected chi connectivity index (χ4v) is 4.04. The van der Waals surface area contributed by atoms with Crippen LogP contribution in [0.2, 0.25) is 0 Å². The van der Waals surface area contributed by atoms with Crippen molar-refractivity contribution in [3.63, 3.8) is 0 Å².